The number of nitrogens with zero attached hydrogens (tertiary/aromatic N) is 2. The molecule has 2 unspecified atom stereocenters. The number of benzene rings is 1. The summed E-state index contributed by atoms with van der Waals surface area (Å²) in [5, 5.41) is 13.9. The third kappa shape index (κ3) is 3.56. The second kappa shape index (κ2) is 7.00. The summed E-state index contributed by atoms with van der Waals surface area (Å²) in [5.41, 5.74) is 9.09. The van der Waals surface area contributed by atoms with Gasteiger partial charge in [0.05, 0.1) is 0 Å². The Hall–Kier alpha value is -2.41. The highest BCUT2D eigenvalue weighted by Crippen LogP contribution is 2.30. The lowest BCUT2D eigenvalue weighted by Gasteiger charge is -2.29. The summed E-state index contributed by atoms with van der Waals surface area (Å²) < 4.78 is 6.03. The molecule has 0 radical (unpaired) electrons. The molecule has 0 fully saturated rings. The molecule has 0 amide bonds. The molecule has 1 aromatic heterocycles. The molecule has 126 valence electrons. The minimum absolute atomic E-state index is 0.0552. The lowest BCUT2D eigenvalue weighted by molar-refractivity contribution is -0.0203. The Morgan fingerprint density at radius 1 is 1.58 bits per heavy atom. The molecule has 1 aliphatic rings. The molecule has 24 heavy (non-hydrogen) atoms. The molecule has 2 atom stereocenters. The maximum atomic E-state index is 7.32. The van der Waals surface area contributed by atoms with Gasteiger partial charge in [-0.1, -0.05) is 5.16 Å². The highest BCUT2D eigenvalue weighted by atomic mass is 32.1. The summed E-state index contributed by atoms with van der Waals surface area (Å²) in [7, 11) is 0. The van der Waals surface area contributed by atoms with Crippen LogP contribution in [0.2, 0.25) is 0 Å². The van der Waals surface area contributed by atoms with E-state index >= 15 is 0 Å². The number of nitrogens with one attached hydrogen (secondary N) is 1. The van der Waals surface area contributed by atoms with Crippen LogP contribution in [0.4, 0.5) is 5.13 Å². The smallest absolute Gasteiger partial charge is 0.180 e. The predicted octanol–water partition coefficient (Wildman–Crippen LogP) is 3.25. The number of hydrogen-bond acceptors (Lipinski definition) is 7. The lowest BCUT2D eigenvalue weighted by Crippen LogP contribution is -2.34. The van der Waals surface area contributed by atoms with Crippen LogP contribution in [0.1, 0.15) is 37.1 Å². The zero-order valence-corrected chi connectivity index (χ0v) is 14.5. The highest BCUT2D eigenvalue weighted by molar-refractivity contribution is 7.13. The number of oxime groups is 1. The number of aromatic nitrogens is 1. The van der Waals surface area contributed by atoms with Crippen LogP contribution in [-0.4, -0.2) is 29.1 Å². The van der Waals surface area contributed by atoms with Gasteiger partial charge in [-0.05, 0) is 56.0 Å². The van der Waals surface area contributed by atoms with Gasteiger partial charge in [-0.2, -0.15) is 0 Å². The van der Waals surface area contributed by atoms with Crippen LogP contribution in [0.15, 0.2) is 28.7 Å². The molecule has 1 aromatic carbocycles. The third-order valence-corrected chi connectivity index (χ3v) is 4.67. The summed E-state index contributed by atoms with van der Waals surface area (Å²) in [6.45, 7) is 3.80. The van der Waals surface area contributed by atoms with Gasteiger partial charge in [0, 0.05) is 11.6 Å². The number of rotatable bonds is 5. The number of fused-ring (bicyclic) bond motifs is 1. The normalized spacial score (nSPS) is 18.4. The Labute approximate surface area is 144 Å². The van der Waals surface area contributed by atoms with Crippen LogP contribution in [0.25, 0.3) is 0 Å². The van der Waals surface area contributed by atoms with Crippen LogP contribution >= 0.6 is 11.3 Å². The molecule has 0 aliphatic carbocycles. The fourth-order valence-electron chi connectivity index (χ4n) is 2.58. The molecule has 0 spiro atoms. The Balaban J connectivity index is 1.63. The second-order valence-electron chi connectivity index (χ2n) is 5.76. The van der Waals surface area contributed by atoms with E-state index in [2.05, 4.69) is 10.1 Å². The van der Waals surface area contributed by atoms with Crippen molar-refractivity contribution in [2.24, 2.45) is 5.16 Å². The molecular weight excluding hydrogens is 324 g/mol. The first-order chi connectivity index (χ1) is 11.6. The quantitative estimate of drug-likeness (QED) is 0.643. The van der Waals surface area contributed by atoms with Crippen LogP contribution in [0, 0.1) is 5.41 Å². The molecule has 0 bridgehead atoms. The number of thiazole rings is 1. The number of aryl methyl sites for hydroxylation is 1. The maximum absolute atomic E-state index is 7.32. The molecule has 3 N–H and O–H groups in total. The van der Waals surface area contributed by atoms with Gasteiger partial charge in [0.15, 0.2) is 11.2 Å². The maximum Gasteiger partial charge on any atom is 0.180 e. The lowest BCUT2D eigenvalue weighted by atomic mass is 9.98. The molecule has 6 nitrogen and oxygen atoms in total. The van der Waals surface area contributed by atoms with Gasteiger partial charge in [0.2, 0.25) is 0 Å². The van der Waals surface area contributed by atoms with Crippen molar-refractivity contribution in [1.29, 1.82) is 5.41 Å². The molecule has 1 aliphatic heterocycles. The van der Waals surface area contributed by atoms with Crippen molar-refractivity contribution in [1.82, 2.24) is 4.98 Å². The molecule has 2 aromatic rings. The van der Waals surface area contributed by atoms with Crippen LogP contribution < -0.4 is 10.5 Å². The minimum atomic E-state index is -0.175. The first-order valence-corrected chi connectivity index (χ1v) is 8.66. The zero-order valence-electron chi connectivity index (χ0n) is 13.7. The summed E-state index contributed by atoms with van der Waals surface area (Å²) in [6, 6.07) is 5.80. The predicted molar refractivity (Wildman–Crippen MR) is 96.3 cm³/mol. The van der Waals surface area contributed by atoms with Crippen LogP contribution in [0.5, 0.6) is 5.75 Å². The van der Waals surface area contributed by atoms with Crippen molar-refractivity contribution in [3.05, 3.63) is 40.4 Å². The Bertz CT molecular complexity index is 772. The third-order valence-electron chi connectivity index (χ3n) is 4.00. The van der Waals surface area contributed by atoms with Crippen molar-refractivity contribution >= 4 is 28.4 Å². The van der Waals surface area contributed by atoms with E-state index in [0.29, 0.717) is 10.8 Å². The van der Waals surface area contributed by atoms with Crippen molar-refractivity contribution in [3.8, 4) is 5.75 Å². The zero-order chi connectivity index (χ0) is 17.1. The van der Waals surface area contributed by atoms with E-state index in [9.17, 15) is 0 Å². The number of nitrogen functional groups attached to an aromatic ring is 1. The fourth-order valence-corrected chi connectivity index (χ4v) is 3.19. The van der Waals surface area contributed by atoms with Crippen molar-refractivity contribution in [2.75, 3.05) is 5.73 Å². The van der Waals surface area contributed by atoms with Gasteiger partial charge in [-0.25, -0.2) is 4.98 Å². The summed E-state index contributed by atoms with van der Waals surface area (Å²) in [5.74, 6) is 0.861. The molecular formula is C17H20N4O2S. The van der Waals surface area contributed by atoms with E-state index in [1.807, 2.05) is 37.4 Å². The average Bonchev–Trinajstić information content (AvgIpc) is 3.04. The largest absolute Gasteiger partial charge is 0.486 e. The monoisotopic (exact) mass is 344 g/mol. The van der Waals surface area contributed by atoms with Gasteiger partial charge in [0.25, 0.3) is 0 Å². The van der Waals surface area contributed by atoms with E-state index in [1.165, 1.54) is 17.6 Å². The SMILES string of the molecule is C/C(=N\OC(C)C1CCc2cc(C=N)ccc2O1)c1csc(N)n1. The summed E-state index contributed by atoms with van der Waals surface area (Å²) >= 11 is 1.38. The van der Waals surface area contributed by atoms with Crippen molar-refractivity contribution < 1.29 is 9.57 Å². The molecule has 7 heteroatoms. The molecule has 0 saturated carbocycles. The van der Waals surface area contributed by atoms with E-state index in [0.717, 1.165) is 35.4 Å². The van der Waals surface area contributed by atoms with Gasteiger partial charge in [0.1, 0.15) is 23.3 Å². The van der Waals surface area contributed by atoms with Crippen molar-refractivity contribution in [2.45, 2.75) is 38.9 Å². The van der Waals surface area contributed by atoms with Crippen molar-refractivity contribution in [3.63, 3.8) is 0 Å². The number of nitrogens with two attached hydrogens (primary N) is 1. The van der Waals surface area contributed by atoms with Crippen LogP contribution in [-0.2, 0) is 11.3 Å². The Morgan fingerprint density at radius 2 is 2.42 bits per heavy atom. The highest BCUT2D eigenvalue weighted by Gasteiger charge is 2.26. The van der Waals surface area contributed by atoms with Crippen LogP contribution in [0.3, 0.4) is 0 Å². The topological polar surface area (TPSA) is 93.6 Å². The van der Waals surface area contributed by atoms with Gasteiger partial charge >= 0.3 is 0 Å². The Kier molecular flexibility index (Phi) is 4.80. The number of hydrogen-bond donors (Lipinski definition) is 2. The van der Waals surface area contributed by atoms with E-state index < -0.39 is 0 Å². The summed E-state index contributed by atoms with van der Waals surface area (Å²) in [6.07, 6.45) is 2.88. The van der Waals surface area contributed by atoms with Gasteiger partial charge < -0.3 is 20.7 Å². The first-order valence-electron chi connectivity index (χ1n) is 7.78. The molecule has 2 heterocycles. The molecule has 3 rings (SSSR count). The number of ether oxygens (including phenoxy) is 1. The summed E-state index contributed by atoms with van der Waals surface area (Å²) in [4.78, 5) is 9.80. The minimum Gasteiger partial charge on any atom is -0.486 e. The standard InChI is InChI=1S/C17H20N4O2S/c1-10(14-9-24-17(19)20-14)21-23-11(2)15-6-4-13-7-12(8-18)3-5-16(13)22-15/h3,5,7-9,11,15,18H,4,6H2,1-2H3,(H2,19,20)/b18-8?,21-10+. The van der Waals surface area contributed by atoms with E-state index in [1.54, 1.807) is 0 Å². The van der Waals surface area contributed by atoms with E-state index in [4.69, 9.17) is 20.7 Å². The molecule has 0 saturated heterocycles. The average molecular weight is 344 g/mol. The van der Waals surface area contributed by atoms with E-state index in [-0.39, 0.29) is 12.2 Å². The Morgan fingerprint density at radius 3 is 3.12 bits per heavy atom. The first kappa shape index (κ1) is 16.4. The van der Waals surface area contributed by atoms with Gasteiger partial charge in [-0.15, -0.1) is 11.3 Å². The number of anilines is 1. The fraction of sp³-hybridized carbons (Fsp3) is 0.353. The van der Waals surface area contributed by atoms with Gasteiger partial charge in [-0.3, -0.25) is 0 Å². The second-order valence-corrected chi connectivity index (χ2v) is 6.65.